The maximum absolute atomic E-state index is 4.85. The van der Waals surface area contributed by atoms with Crippen LogP contribution in [0.5, 0.6) is 0 Å². The Morgan fingerprint density at radius 1 is 1.28 bits per heavy atom. The molecule has 0 atom stereocenters. The highest BCUT2D eigenvalue weighted by Gasteiger charge is 2.19. The molecule has 0 saturated carbocycles. The quantitative estimate of drug-likeness (QED) is 0.292. The minimum absolute atomic E-state index is 0. The van der Waals surface area contributed by atoms with Crippen LogP contribution < -0.4 is 10.6 Å². The number of halogens is 1. The van der Waals surface area contributed by atoms with E-state index in [-0.39, 0.29) is 24.0 Å². The average molecular weight is 548 g/mol. The van der Waals surface area contributed by atoms with E-state index in [4.69, 9.17) is 4.99 Å². The number of piperidine rings is 1. The first-order valence-electron chi connectivity index (χ1n) is 10.3. The third-order valence-electron chi connectivity index (χ3n) is 5.22. The van der Waals surface area contributed by atoms with Crippen molar-refractivity contribution in [1.82, 2.24) is 20.5 Å². The van der Waals surface area contributed by atoms with Gasteiger partial charge in [-0.2, -0.15) is 0 Å². The normalized spacial score (nSPS) is 15.9. The molecule has 2 aromatic rings. The highest BCUT2D eigenvalue weighted by molar-refractivity contribution is 14.0. The van der Waals surface area contributed by atoms with Crippen molar-refractivity contribution in [1.29, 1.82) is 0 Å². The molecule has 3 heterocycles. The van der Waals surface area contributed by atoms with Crippen molar-refractivity contribution in [3.8, 4) is 0 Å². The topological polar surface area (TPSA) is 52.6 Å². The zero-order valence-corrected chi connectivity index (χ0v) is 21.7. The van der Waals surface area contributed by atoms with E-state index in [1.165, 1.54) is 40.7 Å². The molecule has 0 amide bonds. The summed E-state index contributed by atoms with van der Waals surface area (Å²) in [6.45, 7) is 12.5. The number of rotatable bonds is 8. The molecule has 0 aromatic carbocycles. The number of aromatic nitrogens is 1. The molecule has 1 fully saturated rings. The number of likely N-dealkylation sites (tertiary alicyclic amines) is 1. The van der Waals surface area contributed by atoms with Crippen molar-refractivity contribution >= 4 is 52.6 Å². The minimum atomic E-state index is 0. The third kappa shape index (κ3) is 8.15. The fraction of sp³-hybridized carbons (Fsp3) is 0.619. The molecule has 5 nitrogen and oxygen atoms in total. The lowest BCUT2D eigenvalue weighted by atomic mass is 9.97. The molecular formula is C21H34IN5S2. The lowest BCUT2D eigenvalue weighted by Gasteiger charge is -2.31. The molecule has 162 valence electrons. The van der Waals surface area contributed by atoms with Crippen LogP contribution in [0.15, 0.2) is 22.5 Å². The Morgan fingerprint density at radius 2 is 2.07 bits per heavy atom. The summed E-state index contributed by atoms with van der Waals surface area (Å²) in [6, 6.07) is 4.39. The molecule has 0 unspecified atom stereocenters. The van der Waals surface area contributed by atoms with Crippen molar-refractivity contribution in [2.45, 2.75) is 46.6 Å². The van der Waals surface area contributed by atoms with Crippen LogP contribution in [-0.4, -0.2) is 48.6 Å². The maximum atomic E-state index is 4.85. The van der Waals surface area contributed by atoms with Gasteiger partial charge in [0.1, 0.15) is 0 Å². The number of nitrogens with one attached hydrogen (secondary N) is 2. The summed E-state index contributed by atoms with van der Waals surface area (Å²) in [5, 5.41) is 10.2. The van der Waals surface area contributed by atoms with E-state index >= 15 is 0 Å². The van der Waals surface area contributed by atoms with E-state index < -0.39 is 0 Å². The smallest absolute Gasteiger partial charge is 0.191 e. The first-order valence-corrected chi connectivity index (χ1v) is 12.0. The van der Waals surface area contributed by atoms with E-state index in [0.29, 0.717) is 5.92 Å². The monoisotopic (exact) mass is 547 g/mol. The highest BCUT2D eigenvalue weighted by atomic mass is 127. The second kappa shape index (κ2) is 12.9. The Kier molecular flexibility index (Phi) is 10.9. The zero-order valence-electron chi connectivity index (χ0n) is 17.7. The first kappa shape index (κ1) is 24.6. The molecule has 3 rings (SSSR count). The first-order chi connectivity index (χ1) is 13.6. The van der Waals surface area contributed by atoms with Crippen molar-refractivity contribution < 1.29 is 0 Å². The summed E-state index contributed by atoms with van der Waals surface area (Å²) >= 11 is 3.66. The summed E-state index contributed by atoms with van der Waals surface area (Å²) < 4.78 is 0. The van der Waals surface area contributed by atoms with Gasteiger partial charge in [-0.15, -0.1) is 46.7 Å². The number of aliphatic imine (C=N–C) groups is 1. The Labute approximate surface area is 200 Å². The molecule has 0 aliphatic carbocycles. The molecule has 2 N–H and O–H groups in total. The molecular weight excluding hydrogens is 513 g/mol. The van der Waals surface area contributed by atoms with Crippen LogP contribution >= 0.6 is 46.7 Å². The molecule has 8 heteroatoms. The summed E-state index contributed by atoms with van der Waals surface area (Å²) in [5.74, 6) is 1.63. The van der Waals surface area contributed by atoms with Gasteiger partial charge in [0.05, 0.1) is 10.7 Å². The predicted octanol–water partition coefficient (Wildman–Crippen LogP) is 4.45. The van der Waals surface area contributed by atoms with Crippen LogP contribution in [0.1, 0.15) is 40.2 Å². The van der Waals surface area contributed by atoms with Gasteiger partial charge in [-0.3, -0.25) is 9.89 Å². The van der Waals surface area contributed by atoms with Crippen LogP contribution in [0.3, 0.4) is 0 Å². The summed E-state index contributed by atoms with van der Waals surface area (Å²) in [4.78, 5) is 14.8. The van der Waals surface area contributed by atoms with Gasteiger partial charge in [0.25, 0.3) is 0 Å². The fourth-order valence-electron chi connectivity index (χ4n) is 3.45. The molecule has 1 aliphatic rings. The standard InChI is InChI=1S/C21H33N5S2.HI/c1-4-22-21(23-10-7-20-25-16(2)17(3)28-20)24-14-18-8-11-26(12-9-18)15-19-6-5-13-27-19;/h5-6,13,18H,4,7-12,14-15H2,1-3H3,(H2,22,23,24);1H. The van der Waals surface area contributed by atoms with Crippen LogP contribution in [0.25, 0.3) is 0 Å². The fourth-order valence-corrected chi connectivity index (χ4v) is 5.13. The van der Waals surface area contributed by atoms with E-state index in [0.717, 1.165) is 44.3 Å². The number of thiophene rings is 1. The molecule has 0 radical (unpaired) electrons. The second-order valence-corrected chi connectivity index (χ2v) is 9.76. The van der Waals surface area contributed by atoms with Gasteiger partial charge in [-0.1, -0.05) is 6.07 Å². The van der Waals surface area contributed by atoms with Gasteiger partial charge < -0.3 is 10.6 Å². The van der Waals surface area contributed by atoms with Crippen molar-refractivity contribution in [2.75, 3.05) is 32.7 Å². The molecule has 2 aromatic heterocycles. The summed E-state index contributed by atoms with van der Waals surface area (Å²) in [5.41, 5.74) is 1.16. The summed E-state index contributed by atoms with van der Waals surface area (Å²) in [7, 11) is 0. The number of aryl methyl sites for hydroxylation is 2. The number of guanidine groups is 1. The van der Waals surface area contributed by atoms with Gasteiger partial charge in [0.2, 0.25) is 0 Å². The molecule has 1 saturated heterocycles. The van der Waals surface area contributed by atoms with Gasteiger partial charge in [-0.05, 0) is 64.1 Å². The van der Waals surface area contributed by atoms with Crippen molar-refractivity contribution in [3.63, 3.8) is 0 Å². The van der Waals surface area contributed by atoms with Crippen molar-refractivity contribution in [2.24, 2.45) is 10.9 Å². The molecule has 0 bridgehead atoms. The maximum Gasteiger partial charge on any atom is 0.191 e. The average Bonchev–Trinajstić information content (AvgIpc) is 3.31. The van der Waals surface area contributed by atoms with Crippen molar-refractivity contribution in [3.05, 3.63) is 38.0 Å². The van der Waals surface area contributed by atoms with E-state index in [1.807, 2.05) is 11.3 Å². The van der Waals surface area contributed by atoms with E-state index in [2.05, 4.69) is 58.8 Å². The predicted molar refractivity (Wildman–Crippen MR) is 137 cm³/mol. The largest absolute Gasteiger partial charge is 0.357 e. The third-order valence-corrected chi connectivity index (χ3v) is 7.22. The lowest BCUT2D eigenvalue weighted by Crippen LogP contribution is -2.39. The van der Waals surface area contributed by atoms with Crippen LogP contribution in [-0.2, 0) is 13.0 Å². The second-order valence-electron chi connectivity index (χ2n) is 7.44. The van der Waals surface area contributed by atoms with Crippen LogP contribution in [0.2, 0.25) is 0 Å². The zero-order chi connectivity index (χ0) is 19.8. The Hall–Kier alpha value is -0.710. The van der Waals surface area contributed by atoms with Crippen LogP contribution in [0, 0.1) is 19.8 Å². The number of hydrogen-bond donors (Lipinski definition) is 2. The van der Waals surface area contributed by atoms with Gasteiger partial charge in [0, 0.05) is 42.4 Å². The van der Waals surface area contributed by atoms with Gasteiger partial charge >= 0.3 is 0 Å². The number of nitrogens with zero attached hydrogens (tertiary/aromatic N) is 3. The molecule has 0 spiro atoms. The number of thiazole rings is 1. The summed E-state index contributed by atoms with van der Waals surface area (Å²) in [6.07, 6.45) is 3.43. The number of hydrogen-bond acceptors (Lipinski definition) is 5. The highest BCUT2D eigenvalue weighted by Crippen LogP contribution is 2.21. The minimum Gasteiger partial charge on any atom is -0.357 e. The van der Waals surface area contributed by atoms with Gasteiger partial charge in [0.15, 0.2) is 5.96 Å². The lowest BCUT2D eigenvalue weighted by molar-refractivity contribution is 0.182. The Bertz CT molecular complexity index is 717. The van der Waals surface area contributed by atoms with Gasteiger partial charge in [-0.25, -0.2) is 4.98 Å². The Morgan fingerprint density at radius 3 is 2.69 bits per heavy atom. The SMILES string of the molecule is CCNC(=NCC1CCN(Cc2cccs2)CC1)NCCc1nc(C)c(C)s1.I. The van der Waals surface area contributed by atoms with Crippen LogP contribution in [0.4, 0.5) is 0 Å². The molecule has 29 heavy (non-hydrogen) atoms. The molecule has 1 aliphatic heterocycles. The van der Waals surface area contributed by atoms with E-state index in [9.17, 15) is 0 Å². The van der Waals surface area contributed by atoms with E-state index in [1.54, 1.807) is 11.3 Å². The Balaban J connectivity index is 0.00000300.